The van der Waals surface area contributed by atoms with Crippen molar-refractivity contribution in [2.45, 2.75) is 13.8 Å². The van der Waals surface area contributed by atoms with Crippen LogP contribution in [0.2, 0.25) is 0 Å². The van der Waals surface area contributed by atoms with Gasteiger partial charge in [0.15, 0.2) is 0 Å². The van der Waals surface area contributed by atoms with Crippen LogP contribution in [0.25, 0.3) is 10.9 Å². The fourth-order valence-electron chi connectivity index (χ4n) is 2.67. The highest BCUT2D eigenvalue weighted by atomic mass is 31.2. The third-order valence-electron chi connectivity index (χ3n) is 3.98. The third-order valence-corrected chi connectivity index (χ3v) is 6.91. The number of nitrogens with zero attached hydrogens (tertiary/aromatic N) is 4. The molecule has 1 saturated heterocycles. The first-order chi connectivity index (χ1) is 10.4. The summed E-state index contributed by atoms with van der Waals surface area (Å²) in [6, 6.07) is 1.62. The summed E-state index contributed by atoms with van der Waals surface area (Å²) in [4.78, 5) is 25.5. The fourth-order valence-corrected chi connectivity index (χ4v) is 5.12. The van der Waals surface area contributed by atoms with Gasteiger partial charge in [-0.2, -0.15) is 4.98 Å². The summed E-state index contributed by atoms with van der Waals surface area (Å²) in [6.07, 6.45) is 2.35. The van der Waals surface area contributed by atoms with Crippen molar-refractivity contribution in [3.05, 3.63) is 18.1 Å². The molecule has 22 heavy (non-hydrogen) atoms. The van der Waals surface area contributed by atoms with Crippen LogP contribution in [-0.2, 0) is 9.36 Å². The summed E-state index contributed by atoms with van der Waals surface area (Å²) in [5, 5.41) is 10.4. The van der Waals surface area contributed by atoms with E-state index in [-0.39, 0.29) is 11.8 Å². The molecule has 3 rings (SSSR count). The lowest BCUT2D eigenvalue weighted by molar-refractivity contribution is -0.128. The number of hydrogen-bond acceptors (Lipinski definition) is 6. The molecule has 0 aromatic carbocycles. The Hall–Kier alpha value is -2.01. The molecule has 0 radical (unpaired) electrons. The molecule has 0 atom stereocenters. The van der Waals surface area contributed by atoms with Crippen LogP contribution in [0, 0.1) is 6.92 Å². The highest BCUT2D eigenvalue weighted by Crippen LogP contribution is 2.46. The van der Waals surface area contributed by atoms with Crippen molar-refractivity contribution < 1.29 is 14.5 Å². The van der Waals surface area contributed by atoms with E-state index < -0.39 is 7.14 Å². The van der Waals surface area contributed by atoms with E-state index in [1.54, 1.807) is 17.9 Å². The molecule has 0 bridgehead atoms. The third kappa shape index (κ3) is 2.57. The van der Waals surface area contributed by atoms with Gasteiger partial charge >= 0.3 is 0 Å². The Morgan fingerprint density at radius 3 is 2.64 bits per heavy atom. The summed E-state index contributed by atoms with van der Waals surface area (Å²) in [7, 11) is -2.65. The van der Waals surface area contributed by atoms with Crippen LogP contribution in [0.5, 0.6) is 5.88 Å². The highest BCUT2D eigenvalue weighted by Gasteiger charge is 2.32. The molecule has 1 fully saturated rings. The summed E-state index contributed by atoms with van der Waals surface area (Å²) >= 11 is 0. The van der Waals surface area contributed by atoms with E-state index in [9.17, 15) is 14.5 Å². The van der Waals surface area contributed by atoms with Crippen LogP contribution in [0.3, 0.4) is 0 Å². The zero-order valence-corrected chi connectivity index (χ0v) is 13.4. The van der Waals surface area contributed by atoms with Crippen molar-refractivity contribution in [3.8, 4) is 5.88 Å². The average molecular weight is 320 g/mol. The lowest BCUT2D eigenvalue weighted by Gasteiger charge is -2.31. The molecule has 0 aliphatic carbocycles. The predicted octanol–water partition coefficient (Wildman–Crippen LogP) is 0.889. The van der Waals surface area contributed by atoms with Crippen molar-refractivity contribution in [3.63, 3.8) is 0 Å². The minimum absolute atomic E-state index is 0.000703. The second kappa shape index (κ2) is 5.32. The highest BCUT2D eigenvalue weighted by molar-refractivity contribution is 7.71. The van der Waals surface area contributed by atoms with Gasteiger partial charge in [0.25, 0.3) is 0 Å². The first-order valence-electron chi connectivity index (χ1n) is 7.06. The van der Waals surface area contributed by atoms with Crippen molar-refractivity contribution >= 4 is 29.4 Å². The summed E-state index contributed by atoms with van der Waals surface area (Å²) in [5.74, 6) is 0.334. The number of carbonyl (C=O) groups excluding carboxylic acids is 1. The second-order valence-electron chi connectivity index (χ2n) is 5.50. The normalized spacial score (nSPS) is 17.6. The van der Waals surface area contributed by atoms with Crippen LogP contribution in [-0.4, -0.2) is 56.3 Å². The first-order valence-corrected chi connectivity index (χ1v) is 9.14. The second-order valence-corrected chi connectivity index (χ2v) is 8.63. The fraction of sp³-hybridized carbons (Fsp3) is 0.429. The van der Waals surface area contributed by atoms with Gasteiger partial charge in [0.2, 0.25) is 11.8 Å². The number of pyridine rings is 1. The SMILES string of the molecule is CC(=O)N1CCP(=O)(c2cc3c(O)nc(C)nc3cn2)CC1. The van der Waals surface area contributed by atoms with Gasteiger partial charge in [-0.05, 0) is 13.0 Å². The number of carbonyl (C=O) groups is 1. The smallest absolute Gasteiger partial charge is 0.222 e. The predicted molar refractivity (Wildman–Crippen MR) is 83.0 cm³/mol. The molecule has 1 aliphatic heterocycles. The lowest BCUT2D eigenvalue weighted by Crippen LogP contribution is -2.40. The zero-order chi connectivity index (χ0) is 15.9. The molecule has 0 unspecified atom stereocenters. The Balaban J connectivity index is 1.97. The van der Waals surface area contributed by atoms with Crippen molar-refractivity contribution in [1.29, 1.82) is 0 Å². The Bertz CT molecular complexity index is 796. The van der Waals surface area contributed by atoms with Crippen LogP contribution in [0.1, 0.15) is 12.7 Å². The number of aryl methyl sites for hydroxylation is 1. The van der Waals surface area contributed by atoms with Crippen molar-refractivity contribution in [2.24, 2.45) is 0 Å². The van der Waals surface area contributed by atoms with Gasteiger partial charge in [-0.1, -0.05) is 0 Å². The maximum Gasteiger partial charge on any atom is 0.222 e. The summed E-state index contributed by atoms with van der Waals surface area (Å²) in [6.45, 7) is 4.15. The minimum atomic E-state index is -2.65. The van der Waals surface area contributed by atoms with Crippen molar-refractivity contribution in [2.75, 3.05) is 25.4 Å². The Labute approximate surface area is 127 Å². The molecule has 2 aromatic heterocycles. The molecular weight excluding hydrogens is 303 g/mol. The largest absolute Gasteiger partial charge is 0.493 e. The van der Waals surface area contributed by atoms with Crippen LogP contribution >= 0.6 is 7.14 Å². The van der Waals surface area contributed by atoms with Crippen LogP contribution in [0.15, 0.2) is 12.3 Å². The molecule has 0 spiro atoms. The lowest BCUT2D eigenvalue weighted by atomic mass is 10.3. The quantitative estimate of drug-likeness (QED) is 0.784. The molecule has 2 aromatic rings. The van der Waals surface area contributed by atoms with E-state index in [0.717, 1.165) is 0 Å². The Morgan fingerprint density at radius 2 is 2.00 bits per heavy atom. The first kappa shape index (κ1) is 14.9. The number of aromatic hydroxyl groups is 1. The minimum Gasteiger partial charge on any atom is -0.493 e. The van der Waals surface area contributed by atoms with E-state index in [1.165, 1.54) is 13.1 Å². The van der Waals surface area contributed by atoms with E-state index in [1.807, 2.05) is 0 Å². The van der Waals surface area contributed by atoms with Gasteiger partial charge in [-0.15, -0.1) is 0 Å². The van der Waals surface area contributed by atoms with Gasteiger partial charge in [-0.3, -0.25) is 9.78 Å². The monoisotopic (exact) mass is 320 g/mol. The molecule has 116 valence electrons. The van der Waals surface area contributed by atoms with E-state index in [0.29, 0.717) is 47.6 Å². The number of fused-ring (bicyclic) bond motifs is 1. The number of amides is 1. The molecular formula is C14H17N4O3P. The van der Waals surface area contributed by atoms with Gasteiger partial charge in [0, 0.05) is 32.3 Å². The maximum atomic E-state index is 13.1. The van der Waals surface area contributed by atoms with Gasteiger partial charge in [0.1, 0.15) is 18.4 Å². The number of rotatable bonds is 1. The molecule has 1 amide bonds. The molecule has 1 aliphatic rings. The van der Waals surface area contributed by atoms with Gasteiger partial charge < -0.3 is 14.6 Å². The molecule has 3 heterocycles. The standard InChI is InChI=1S/C14H17N4O3P/c1-9-16-12-8-15-13(7-11(12)14(20)17-9)22(21)5-3-18(4-6-22)10(2)19/h7-8H,3-6H2,1-2H3,(H,16,17,20). The average Bonchev–Trinajstić information content (AvgIpc) is 2.47. The molecule has 0 saturated carbocycles. The van der Waals surface area contributed by atoms with Crippen LogP contribution < -0.4 is 5.44 Å². The van der Waals surface area contributed by atoms with E-state index >= 15 is 0 Å². The number of hydrogen-bond donors (Lipinski definition) is 1. The topological polar surface area (TPSA) is 96.3 Å². The summed E-state index contributed by atoms with van der Waals surface area (Å²) < 4.78 is 13.1. The Morgan fingerprint density at radius 1 is 1.32 bits per heavy atom. The molecule has 1 N–H and O–H groups in total. The van der Waals surface area contributed by atoms with Crippen molar-refractivity contribution in [1.82, 2.24) is 19.9 Å². The zero-order valence-electron chi connectivity index (χ0n) is 12.5. The van der Waals surface area contributed by atoms with Crippen LogP contribution in [0.4, 0.5) is 0 Å². The van der Waals surface area contributed by atoms with E-state index in [2.05, 4.69) is 15.0 Å². The van der Waals surface area contributed by atoms with Gasteiger partial charge in [0.05, 0.1) is 17.1 Å². The van der Waals surface area contributed by atoms with Gasteiger partial charge in [-0.25, -0.2) is 4.98 Å². The molecule has 8 heteroatoms. The maximum absolute atomic E-state index is 13.1. The molecule has 7 nitrogen and oxygen atoms in total. The number of aromatic nitrogens is 3. The Kier molecular flexibility index (Phi) is 3.60. The summed E-state index contributed by atoms with van der Waals surface area (Å²) in [5.41, 5.74) is 1.01. The van der Waals surface area contributed by atoms with E-state index in [4.69, 9.17) is 0 Å².